The molecule has 21 heavy (non-hydrogen) atoms. The molecule has 8 heteroatoms. The zero-order chi connectivity index (χ0) is 15.9. The van der Waals surface area contributed by atoms with Crippen molar-refractivity contribution in [2.24, 2.45) is 0 Å². The maximum atomic E-state index is 12.2. The molecule has 0 saturated heterocycles. The molecule has 2 N–H and O–H groups in total. The molecule has 1 aromatic rings. The molecule has 0 fully saturated rings. The van der Waals surface area contributed by atoms with E-state index in [0.717, 1.165) is 0 Å². The van der Waals surface area contributed by atoms with E-state index in [-0.39, 0.29) is 36.8 Å². The van der Waals surface area contributed by atoms with Crippen molar-refractivity contribution in [2.75, 3.05) is 33.5 Å². The van der Waals surface area contributed by atoms with E-state index in [9.17, 15) is 13.2 Å². The Kier molecular flexibility index (Phi) is 6.76. The van der Waals surface area contributed by atoms with Gasteiger partial charge >= 0.3 is 5.97 Å². The second kappa shape index (κ2) is 8.08. The Morgan fingerprint density at radius 1 is 1.33 bits per heavy atom. The number of carbonyl (C=O) groups is 1. The third-order valence-electron chi connectivity index (χ3n) is 2.67. The van der Waals surface area contributed by atoms with Crippen molar-refractivity contribution in [1.29, 1.82) is 0 Å². The van der Waals surface area contributed by atoms with E-state index in [1.807, 2.05) is 0 Å². The van der Waals surface area contributed by atoms with E-state index < -0.39 is 16.0 Å². The van der Waals surface area contributed by atoms with Crippen molar-refractivity contribution >= 4 is 16.0 Å². The van der Waals surface area contributed by atoms with E-state index >= 15 is 0 Å². The SMILES string of the molecule is COC(=O)c1ccc(C)c(S(=O)(=O)NCCOCCO)c1. The largest absolute Gasteiger partial charge is 0.465 e. The zero-order valence-electron chi connectivity index (χ0n) is 12.0. The van der Waals surface area contributed by atoms with Crippen molar-refractivity contribution in [3.63, 3.8) is 0 Å². The Balaban J connectivity index is 2.84. The Morgan fingerprint density at radius 3 is 2.67 bits per heavy atom. The minimum atomic E-state index is -3.74. The summed E-state index contributed by atoms with van der Waals surface area (Å²) >= 11 is 0. The molecule has 0 amide bonds. The van der Waals surface area contributed by atoms with Gasteiger partial charge in [-0.1, -0.05) is 6.07 Å². The maximum absolute atomic E-state index is 12.2. The minimum absolute atomic E-state index is 0.0209. The lowest BCUT2D eigenvalue weighted by atomic mass is 10.1. The fraction of sp³-hybridized carbons (Fsp3) is 0.462. The van der Waals surface area contributed by atoms with Crippen LogP contribution in [-0.4, -0.2) is 53.0 Å². The Morgan fingerprint density at radius 2 is 2.05 bits per heavy atom. The molecule has 0 radical (unpaired) electrons. The third-order valence-corrected chi connectivity index (χ3v) is 4.28. The van der Waals surface area contributed by atoms with Crippen molar-refractivity contribution in [3.8, 4) is 0 Å². The Labute approximate surface area is 123 Å². The molecule has 0 aliphatic heterocycles. The van der Waals surface area contributed by atoms with Crippen molar-refractivity contribution in [2.45, 2.75) is 11.8 Å². The number of benzene rings is 1. The number of ether oxygens (including phenoxy) is 2. The molecule has 0 bridgehead atoms. The van der Waals surface area contributed by atoms with Gasteiger partial charge in [-0.2, -0.15) is 0 Å². The van der Waals surface area contributed by atoms with Gasteiger partial charge in [-0.05, 0) is 24.6 Å². The highest BCUT2D eigenvalue weighted by Gasteiger charge is 2.18. The quantitative estimate of drug-likeness (QED) is 0.519. The molecule has 0 atom stereocenters. The number of carbonyl (C=O) groups excluding carboxylic acids is 1. The number of methoxy groups -OCH3 is 1. The summed E-state index contributed by atoms with van der Waals surface area (Å²) in [7, 11) is -2.51. The predicted octanol–water partition coefficient (Wildman–Crippen LogP) is 0.0688. The molecule has 0 unspecified atom stereocenters. The van der Waals surface area contributed by atoms with Gasteiger partial charge in [0.15, 0.2) is 0 Å². The van der Waals surface area contributed by atoms with Crippen LogP contribution in [-0.2, 0) is 19.5 Å². The first-order valence-corrected chi connectivity index (χ1v) is 7.78. The summed E-state index contributed by atoms with van der Waals surface area (Å²) in [6.07, 6.45) is 0. The summed E-state index contributed by atoms with van der Waals surface area (Å²) in [4.78, 5) is 11.5. The van der Waals surface area contributed by atoms with Crippen LogP contribution in [0.4, 0.5) is 0 Å². The van der Waals surface area contributed by atoms with Crippen LogP contribution < -0.4 is 4.72 Å². The lowest BCUT2D eigenvalue weighted by molar-refractivity contribution is 0.0600. The van der Waals surface area contributed by atoms with Crippen LogP contribution in [0.3, 0.4) is 0 Å². The number of nitrogens with one attached hydrogen (secondary N) is 1. The summed E-state index contributed by atoms with van der Waals surface area (Å²) in [6.45, 7) is 1.89. The van der Waals surface area contributed by atoms with Gasteiger partial charge in [-0.25, -0.2) is 17.9 Å². The summed E-state index contributed by atoms with van der Waals surface area (Å²) < 4.78 is 36.3. The van der Waals surface area contributed by atoms with Crippen LogP contribution in [0, 0.1) is 6.92 Å². The zero-order valence-corrected chi connectivity index (χ0v) is 12.8. The van der Waals surface area contributed by atoms with E-state index in [2.05, 4.69) is 9.46 Å². The average Bonchev–Trinajstić information content (AvgIpc) is 2.46. The molecule has 118 valence electrons. The first kappa shape index (κ1) is 17.6. The van der Waals surface area contributed by atoms with Gasteiger partial charge in [0.05, 0.1) is 37.4 Å². The van der Waals surface area contributed by atoms with Crippen molar-refractivity contribution in [1.82, 2.24) is 4.72 Å². The molecule has 1 rings (SSSR count). The first-order chi connectivity index (χ1) is 9.92. The molecule has 0 heterocycles. The molecular weight excluding hydrogens is 298 g/mol. The molecule has 0 spiro atoms. The van der Waals surface area contributed by atoms with Gasteiger partial charge < -0.3 is 14.6 Å². The first-order valence-electron chi connectivity index (χ1n) is 6.29. The number of hydrogen-bond acceptors (Lipinski definition) is 6. The van der Waals surface area contributed by atoms with Gasteiger partial charge in [0.2, 0.25) is 10.0 Å². The highest BCUT2D eigenvalue weighted by Crippen LogP contribution is 2.17. The predicted molar refractivity (Wildman–Crippen MR) is 75.6 cm³/mol. The number of aryl methyl sites for hydroxylation is 1. The van der Waals surface area contributed by atoms with Crippen molar-refractivity contribution < 1.29 is 27.8 Å². The highest BCUT2D eigenvalue weighted by atomic mass is 32.2. The molecule has 7 nitrogen and oxygen atoms in total. The topological polar surface area (TPSA) is 102 Å². The summed E-state index contributed by atoms with van der Waals surface area (Å²) in [5.74, 6) is -0.599. The second-order valence-corrected chi connectivity index (χ2v) is 5.94. The van der Waals surface area contributed by atoms with Crippen molar-refractivity contribution in [3.05, 3.63) is 29.3 Å². The van der Waals surface area contributed by atoms with Gasteiger partial charge in [0.1, 0.15) is 0 Å². The fourth-order valence-corrected chi connectivity index (χ4v) is 2.91. The molecule has 0 aliphatic rings. The van der Waals surface area contributed by atoms with E-state index in [1.165, 1.54) is 19.2 Å². The molecule has 0 aromatic heterocycles. The number of sulfonamides is 1. The third kappa shape index (κ3) is 5.09. The van der Waals surface area contributed by atoms with Gasteiger partial charge in [0.25, 0.3) is 0 Å². The number of aliphatic hydroxyl groups is 1. The molecule has 0 saturated carbocycles. The average molecular weight is 317 g/mol. The fourth-order valence-electron chi connectivity index (χ4n) is 1.63. The normalized spacial score (nSPS) is 11.4. The van der Waals surface area contributed by atoms with Gasteiger partial charge in [-0.3, -0.25) is 0 Å². The Bertz CT molecular complexity index is 584. The number of rotatable bonds is 8. The Hall–Kier alpha value is -1.48. The standard InChI is InChI=1S/C13H19NO6S/c1-10-3-4-11(13(16)19-2)9-12(10)21(17,18)14-5-7-20-8-6-15/h3-4,9,14-15H,5-8H2,1-2H3. The van der Waals surface area contributed by atoms with Gasteiger partial charge in [-0.15, -0.1) is 0 Å². The maximum Gasteiger partial charge on any atom is 0.337 e. The van der Waals surface area contributed by atoms with E-state index in [4.69, 9.17) is 9.84 Å². The molecular formula is C13H19NO6S. The van der Waals surface area contributed by atoms with E-state index in [0.29, 0.717) is 5.56 Å². The summed E-state index contributed by atoms with van der Waals surface area (Å²) in [5, 5.41) is 8.54. The van der Waals surface area contributed by atoms with Crippen LogP contribution in [0.2, 0.25) is 0 Å². The smallest absolute Gasteiger partial charge is 0.337 e. The van der Waals surface area contributed by atoms with Crippen LogP contribution in [0.15, 0.2) is 23.1 Å². The number of aliphatic hydroxyl groups excluding tert-OH is 1. The monoisotopic (exact) mass is 317 g/mol. The molecule has 1 aromatic carbocycles. The van der Waals surface area contributed by atoms with Crippen LogP contribution in [0.25, 0.3) is 0 Å². The summed E-state index contributed by atoms with van der Waals surface area (Å²) in [6, 6.07) is 4.33. The number of esters is 1. The van der Waals surface area contributed by atoms with Crippen LogP contribution in [0.1, 0.15) is 15.9 Å². The number of hydrogen-bond donors (Lipinski definition) is 2. The van der Waals surface area contributed by atoms with E-state index in [1.54, 1.807) is 13.0 Å². The van der Waals surface area contributed by atoms with Gasteiger partial charge in [0, 0.05) is 6.54 Å². The highest BCUT2D eigenvalue weighted by molar-refractivity contribution is 7.89. The van der Waals surface area contributed by atoms with Crippen LogP contribution in [0.5, 0.6) is 0 Å². The minimum Gasteiger partial charge on any atom is -0.465 e. The molecule has 0 aliphatic carbocycles. The lowest BCUT2D eigenvalue weighted by Gasteiger charge is -2.10. The van der Waals surface area contributed by atoms with Crippen LogP contribution >= 0.6 is 0 Å². The lowest BCUT2D eigenvalue weighted by Crippen LogP contribution is -2.28. The second-order valence-electron chi connectivity index (χ2n) is 4.21. The summed E-state index contributed by atoms with van der Waals surface area (Å²) in [5.41, 5.74) is 0.687.